The van der Waals surface area contributed by atoms with Crippen LogP contribution in [-0.2, 0) is 25.5 Å². The van der Waals surface area contributed by atoms with Crippen LogP contribution in [-0.4, -0.2) is 53.9 Å². The molecule has 218 valence electrons. The third kappa shape index (κ3) is 6.82. The van der Waals surface area contributed by atoms with Crippen LogP contribution in [0.5, 0.6) is 0 Å². The number of benzene rings is 3. The molecule has 3 aromatic carbocycles. The summed E-state index contributed by atoms with van der Waals surface area (Å²) in [6.45, 7) is 0. The molecule has 2 aliphatic heterocycles. The van der Waals surface area contributed by atoms with E-state index < -0.39 is 17.4 Å². The van der Waals surface area contributed by atoms with Crippen LogP contribution in [0.3, 0.4) is 0 Å². The Morgan fingerprint density at radius 2 is 1.63 bits per heavy atom. The largest absolute Gasteiger partial charge is 0.448 e. The highest BCUT2D eigenvalue weighted by Gasteiger charge is 2.50. The Hall–Kier alpha value is -4.00. The van der Waals surface area contributed by atoms with Gasteiger partial charge in [0.1, 0.15) is 16.1 Å². The second-order valence-electron chi connectivity index (χ2n) is 9.71. The number of thioether (sulfide) groups is 3. The van der Waals surface area contributed by atoms with E-state index in [0.29, 0.717) is 15.0 Å². The van der Waals surface area contributed by atoms with Gasteiger partial charge in [-0.05, 0) is 16.7 Å². The van der Waals surface area contributed by atoms with Gasteiger partial charge in [0, 0.05) is 4.91 Å². The Balaban J connectivity index is 1.33. The lowest BCUT2D eigenvalue weighted by molar-refractivity contribution is -0.151. The molecule has 0 radical (unpaired) electrons. The third-order valence-corrected chi connectivity index (χ3v) is 10.5. The maximum atomic E-state index is 14.2. The summed E-state index contributed by atoms with van der Waals surface area (Å²) in [7, 11) is 0. The van der Waals surface area contributed by atoms with E-state index >= 15 is 0 Å². The van der Waals surface area contributed by atoms with Crippen LogP contribution in [0.4, 0.5) is 0 Å². The molecular formula is C31H27N5O4S3. The van der Waals surface area contributed by atoms with Gasteiger partial charge in [-0.15, -0.1) is 28.6 Å². The molecule has 43 heavy (non-hydrogen) atoms. The number of hydrogen-bond acceptors (Lipinski definition) is 9. The molecule has 6 rings (SSSR count). The molecule has 2 amide bonds. The molecule has 1 saturated heterocycles. The zero-order valence-corrected chi connectivity index (χ0v) is 25.2. The van der Waals surface area contributed by atoms with Crippen molar-refractivity contribution < 1.29 is 19.1 Å². The molecular weight excluding hydrogens is 603 g/mol. The molecule has 2 N–H and O–H groups in total. The highest BCUT2D eigenvalue weighted by atomic mass is 32.2. The van der Waals surface area contributed by atoms with Crippen LogP contribution in [0, 0.1) is 0 Å². The summed E-state index contributed by atoms with van der Waals surface area (Å²) >= 11 is 4.27. The number of aromatic amines is 1. The Labute approximate surface area is 261 Å². The summed E-state index contributed by atoms with van der Waals surface area (Å²) < 4.78 is 6.23. The zero-order chi connectivity index (χ0) is 29.6. The standard InChI is InChI=1S/C31H27N5O4S3/c37-23(16-20-10-4-1-5-11-20)33-30-29(42-19-41-24-18-32-35-34-24)27(36-25(38)17-26(36)43-30)31(39)40-28(21-12-6-2-7-13-21)22-14-8-3-9-15-22/h1-15,18,26,28,30H,16-17,19H2,(H,33,37)(H,32,34,35). The van der Waals surface area contributed by atoms with E-state index in [4.69, 9.17) is 4.74 Å². The molecule has 12 heteroatoms. The van der Waals surface area contributed by atoms with E-state index in [9.17, 15) is 14.4 Å². The number of hydrogen-bond donors (Lipinski definition) is 2. The van der Waals surface area contributed by atoms with Gasteiger partial charge in [-0.2, -0.15) is 0 Å². The Morgan fingerprint density at radius 1 is 0.977 bits per heavy atom. The fourth-order valence-corrected chi connectivity index (χ4v) is 8.50. The first-order chi connectivity index (χ1) is 21.1. The molecule has 2 aliphatic rings. The lowest BCUT2D eigenvalue weighted by Gasteiger charge is -2.47. The van der Waals surface area contributed by atoms with Crippen LogP contribution < -0.4 is 5.32 Å². The molecule has 4 aromatic rings. The van der Waals surface area contributed by atoms with E-state index in [1.165, 1.54) is 40.2 Å². The van der Waals surface area contributed by atoms with Crippen molar-refractivity contribution in [3.63, 3.8) is 0 Å². The van der Waals surface area contributed by atoms with E-state index in [-0.39, 0.29) is 35.7 Å². The summed E-state index contributed by atoms with van der Waals surface area (Å²) in [6.07, 6.45) is 1.47. The molecule has 9 nitrogen and oxygen atoms in total. The normalized spacial score (nSPS) is 17.8. The SMILES string of the molecule is O=C(Cc1ccccc1)NC1SC2CC(=O)N2C(C(=O)OC(c2ccccc2)c2ccccc2)=C1SCSc1c[nH]nn1. The molecule has 2 unspecified atom stereocenters. The van der Waals surface area contributed by atoms with Crippen molar-refractivity contribution in [2.45, 2.75) is 34.7 Å². The number of esters is 1. The van der Waals surface area contributed by atoms with Crippen LogP contribution in [0.15, 0.2) is 113 Å². The number of carbonyl (C=O) groups is 3. The van der Waals surface area contributed by atoms with Crippen molar-refractivity contribution in [2.24, 2.45) is 0 Å². The van der Waals surface area contributed by atoms with Gasteiger partial charge in [-0.3, -0.25) is 19.6 Å². The number of nitrogens with zero attached hydrogens (tertiary/aromatic N) is 3. The molecule has 0 aliphatic carbocycles. The molecule has 1 aromatic heterocycles. The van der Waals surface area contributed by atoms with Crippen LogP contribution in [0.1, 0.15) is 29.2 Å². The predicted molar refractivity (Wildman–Crippen MR) is 167 cm³/mol. The Bertz CT molecular complexity index is 1560. The minimum atomic E-state index is -0.686. The molecule has 0 bridgehead atoms. The highest BCUT2D eigenvalue weighted by molar-refractivity contribution is 8.18. The molecule has 0 saturated carbocycles. The van der Waals surface area contributed by atoms with Gasteiger partial charge < -0.3 is 10.1 Å². The summed E-state index contributed by atoms with van der Waals surface area (Å²) in [4.78, 5) is 42.4. The van der Waals surface area contributed by atoms with Crippen molar-refractivity contribution in [3.8, 4) is 0 Å². The predicted octanol–water partition coefficient (Wildman–Crippen LogP) is 5.12. The van der Waals surface area contributed by atoms with Gasteiger partial charge in [-0.1, -0.05) is 108 Å². The Kier molecular flexibility index (Phi) is 9.16. The minimum Gasteiger partial charge on any atom is -0.448 e. The van der Waals surface area contributed by atoms with E-state index in [1.54, 1.807) is 6.20 Å². The maximum Gasteiger partial charge on any atom is 0.356 e. The number of fused-ring (bicyclic) bond motifs is 1. The number of aromatic nitrogens is 3. The summed E-state index contributed by atoms with van der Waals surface area (Å²) in [6, 6.07) is 28.5. The number of ether oxygens (including phenoxy) is 1. The van der Waals surface area contributed by atoms with Crippen molar-refractivity contribution in [3.05, 3.63) is 124 Å². The van der Waals surface area contributed by atoms with Crippen LogP contribution in [0.25, 0.3) is 0 Å². The number of β-lactam (4-membered cyclic amide) rings is 1. The molecule has 1 fully saturated rings. The van der Waals surface area contributed by atoms with Gasteiger partial charge >= 0.3 is 5.97 Å². The first kappa shape index (κ1) is 29.1. The summed E-state index contributed by atoms with van der Waals surface area (Å²) in [5.41, 5.74) is 2.67. The topological polar surface area (TPSA) is 117 Å². The smallest absolute Gasteiger partial charge is 0.356 e. The molecule has 3 heterocycles. The average Bonchev–Trinajstić information content (AvgIpc) is 3.55. The van der Waals surface area contributed by atoms with Crippen molar-refractivity contribution in [2.75, 3.05) is 5.08 Å². The second kappa shape index (κ2) is 13.5. The minimum absolute atomic E-state index is 0.156. The zero-order valence-electron chi connectivity index (χ0n) is 22.8. The number of amides is 2. The van der Waals surface area contributed by atoms with Crippen LogP contribution >= 0.6 is 35.3 Å². The quantitative estimate of drug-likeness (QED) is 0.101. The van der Waals surface area contributed by atoms with Gasteiger partial charge in [-0.25, -0.2) is 4.79 Å². The Morgan fingerprint density at radius 3 is 2.23 bits per heavy atom. The van der Waals surface area contributed by atoms with Crippen molar-refractivity contribution in [1.82, 2.24) is 25.6 Å². The fraction of sp³-hybridized carbons (Fsp3) is 0.194. The summed E-state index contributed by atoms with van der Waals surface area (Å²) in [5, 5.41) is 13.9. The highest BCUT2D eigenvalue weighted by Crippen LogP contribution is 2.48. The van der Waals surface area contributed by atoms with Crippen LogP contribution in [0.2, 0.25) is 0 Å². The van der Waals surface area contributed by atoms with E-state index in [2.05, 4.69) is 20.7 Å². The van der Waals surface area contributed by atoms with Gasteiger partial charge in [0.05, 0.1) is 29.5 Å². The number of nitrogens with one attached hydrogen (secondary N) is 2. The van der Waals surface area contributed by atoms with Crippen molar-refractivity contribution in [1.29, 1.82) is 0 Å². The maximum absolute atomic E-state index is 14.2. The number of carbonyl (C=O) groups excluding carboxylic acids is 3. The summed E-state index contributed by atoms with van der Waals surface area (Å²) in [5.74, 6) is -0.951. The van der Waals surface area contributed by atoms with Crippen molar-refractivity contribution >= 4 is 53.1 Å². The van der Waals surface area contributed by atoms with E-state index in [0.717, 1.165) is 16.7 Å². The number of rotatable bonds is 11. The number of H-pyrrole nitrogens is 1. The first-order valence-electron chi connectivity index (χ1n) is 13.5. The monoisotopic (exact) mass is 629 g/mol. The first-order valence-corrected chi connectivity index (χ1v) is 16.5. The van der Waals surface area contributed by atoms with E-state index in [1.807, 2.05) is 91.0 Å². The lowest BCUT2D eigenvalue weighted by Crippen LogP contribution is -2.57. The average molecular weight is 630 g/mol. The molecule has 2 atom stereocenters. The second-order valence-corrected chi connectivity index (χ2v) is 13.4. The van der Waals surface area contributed by atoms with Gasteiger partial charge in [0.2, 0.25) is 11.8 Å². The third-order valence-electron chi connectivity index (χ3n) is 6.85. The molecule has 0 spiro atoms. The lowest BCUT2D eigenvalue weighted by atomic mass is 10.0. The fourth-order valence-electron chi connectivity index (χ4n) is 4.81. The van der Waals surface area contributed by atoms with Gasteiger partial charge in [0.15, 0.2) is 6.10 Å². The van der Waals surface area contributed by atoms with Gasteiger partial charge in [0.25, 0.3) is 0 Å².